The Morgan fingerprint density at radius 1 is 0.938 bits per heavy atom. The topological polar surface area (TPSA) is 72.9 Å². The van der Waals surface area contributed by atoms with Crippen molar-refractivity contribution in [3.63, 3.8) is 0 Å². The highest BCUT2D eigenvalue weighted by atomic mass is 16.4. The maximum absolute atomic E-state index is 14.0. The Balaban J connectivity index is 1.39. The Morgan fingerprint density at radius 3 is 2.06 bits per heavy atom. The molecule has 0 spiro atoms. The van der Waals surface area contributed by atoms with Crippen LogP contribution in [0.4, 0.5) is 4.79 Å². The van der Waals surface area contributed by atoms with Gasteiger partial charge in [0.25, 0.3) is 0 Å². The zero-order valence-electron chi connectivity index (χ0n) is 20.3. The van der Waals surface area contributed by atoms with Gasteiger partial charge in [0.2, 0.25) is 5.91 Å². The lowest BCUT2D eigenvalue weighted by Gasteiger charge is -2.55. The third-order valence-corrected chi connectivity index (χ3v) is 9.56. The molecule has 6 nitrogen and oxygen atoms in total. The summed E-state index contributed by atoms with van der Waals surface area (Å²) in [6.07, 6.45) is 10.7. The third kappa shape index (κ3) is 4.17. The molecule has 32 heavy (non-hydrogen) atoms. The van der Waals surface area contributed by atoms with Crippen LogP contribution in [-0.4, -0.2) is 64.7 Å². The summed E-state index contributed by atoms with van der Waals surface area (Å²) in [6, 6.07) is -0.422. The van der Waals surface area contributed by atoms with Crippen LogP contribution in [0.25, 0.3) is 0 Å². The summed E-state index contributed by atoms with van der Waals surface area (Å²) in [5, 5.41) is 13.6. The summed E-state index contributed by atoms with van der Waals surface area (Å²) in [7, 11) is 0. The van der Waals surface area contributed by atoms with Gasteiger partial charge in [0.1, 0.15) is 6.04 Å². The van der Waals surface area contributed by atoms with Crippen LogP contribution < -0.4 is 5.32 Å². The maximum Gasteiger partial charge on any atom is 0.407 e. The van der Waals surface area contributed by atoms with Crippen molar-refractivity contribution in [1.82, 2.24) is 15.1 Å². The van der Waals surface area contributed by atoms with Crippen molar-refractivity contribution < 1.29 is 14.7 Å². The zero-order valence-corrected chi connectivity index (χ0v) is 20.3. The third-order valence-electron chi connectivity index (χ3n) is 9.56. The molecule has 2 amide bonds. The molecular formula is C26H43N3O3. The number of amides is 2. The Kier molecular flexibility index (Phi) is 5.96. The molecule has 6 heteroatoms. The molecule has 0 aromatic rings. The van der Waals surface area contributed by atoms with Gasteiger partial charge in [0, 0.05) is 25.7 Å². The van der Waals surface area contributed by atoms with E-state index in [1.807, 2.05) is 0 Å². The average molecular weight is 446 g/mol. The first-order chi connectivity index (χ1) is 15.2. The fourth-order valence-electron chi connectivity index (χ4n) is 8.49. The van der Waals surface area contributed by atoms with Crippen LogP contribution in [-0.2, 0) is 4.79 Å². The van der Waals surface area contributed by atoms with Gasteiger partial charge in [-0.3, -0.25) is 9.69 Å². The van der Waals surface area contributed by atoms with E-state index >= 15 is 0 Å². The van der Waals surface area contributed by atoms with Gasteiger partial charge < -0.3 is 15.3 Å². The number of rotatable bonds is 4. The number of hydrogen-bond donors (Lipinski definition) is 2. The van der Waals surface area contributed by atoms with E-state index in [0.717, 1.165) is 18.4 Å². The molecule has 6 rings (SSSR count). The fraction of sp³-hybridized carbons (Fsp3) is 0.923. The summed E-state index contributed by atoms with van der Waals surface area (Å²) in [5.74, 6) is 3.75. The van der Waals surface area contributed by atoms with Crippen LogP contribution in [0.3, 0.4) is 0 Å². The van der Waals surface area contributed by atoms with Crippen molar-refractivity contribution in [2.75, 3.05) is 19.6 Å². The molecule has 0 aromatic heterocycles. The highest BCUT2D eigenvalue weighted by molar-refractivity contribution is 5.84. The standard InChI is InChI=1S/C26H43N3O3/c1-26(2,3)23-22(28(8-9-29(23)25(31)32)15-16-6-4-5-7-16)24(30)27-21-19-11-17-10-18(13-19)14-20(21)12-17/h16-23H,4-15H2,1-3H3,(H,27,30)(H,31,32)/t17?,18?,19?,20?,21?,22-,23?/m1/s1. The van der Waals surface area contributed by atoms with Crippen molar-refractivity contribution in [2.24, 2.45) is 35.0 Å². The van der Waals surface area contributed by atoms with Crippen LogP contribution >= 0.6 is 0 Å². The van der Waals surface area contributed by atoms with E-state index in [0.29, 0.717) is 36.9 Å². The molecule has 0 aromatic carbocycles. The molecule has 5 aliphatic carbocycles. The molecule has 1 heterocycles. The number of nitrogens with zero attached hydrogens (tertiary/aromatic N) is 2. The first-order valence-electron chi connectivity index (χ1n) is 13.2. The largest absolute Gasteiger partial charge is 0.465 e. The Bertz CT molecular complexity index is 698. The molecule has 2 N–H and O–H groups in total. The van der Waals surface area contributed by atoms with Crippen LogP contribution in [0.5, 0.6) is 0 Å². The van der Waals surface area contributed by atoms with Crippen LogP contribution in [0.2, 0.25) is 0 Å². The van der Waals surface area contributed by atoms with Crippen molar-refractivity contribution in [3.05, 3.63) is 0 Å². The lowest BCUT2D eigenvalue weighted by atomic mass is 9.54. The van der Waals surface area contributed by atoms with E-state index in [-0.39, 0.29) is 17.4 Å². The summed E-state index contributed by atoms with van der Waals surface area (Å²) in [5.41, 5.74) is -0.307. The Hall–Kier alpha value is -1.30. The molecule has 1 aliphatic heterocycles. The highest BCUT2D eigenvalue weighted by Crippen LogP contribution is 2.53. The van der Waals surface area contributed by atoms with Gasteiger partial charge in [-0.05, 0) is 80.0 Å². The predicted molar refractivity (Wildman–Crippen MR) is 124 cm³/mol. The first kappa shape index (κ1) is 22.5. The zero-order chi connectivity index (χ0) is 22.6. The van der Waals surface area contributed by atoms with E-state index in [9.17, 15) is 14.7 Å². The molecule has 6 fully saturated rings. The minimum atomic E-state index is -0.891. The minimum absolute atomic E-state index is 0.0892. The molecule has 2 atom stereocenters. The lowest BCUT2D eigenvalue weighted by Crippen LogP contribution is -2.70. The lowest BCUT2D eigenvalue weighted by molar-refractivity contribution is -0.138. The van der Waals surface area contributed by atoms with Crippen LogP contribution in [0, 0.1) is 35.0 Å². The quantitative estimate of drug-likeness (QED) is 0.680. The number of nitrogens with one attached hydrogen (secondary N) is 1. The molecule has 1 unspecified atom stereocenters. The van der Waals surface area contributed by atoms with Gasteiger partial charge in [-0.15, -0.1) is 0 Å². The van der Waals surface area contributed by atoms with Gasteiger partial charge in [0.15, 0.2) is 0 Å². The maximum atomic E-state index is 14.0. The fourth-order valence-corrected chi connectivity index (χ4v) is 8.49. The molecule has 180 valence electrons. The second-order valence-electron chi connectivity index (χ2n) is 12.8. The average Bonchev–Trinajstić information content (AvgIpc) is 3.22. The van der Waals surface area contributed by atoms with Crippen LogP contribution in [0.1, 0.15) is 78.6 Å². The smallest absolute Gasteiger partial charge is 0.407 e. The van der Waals surface area contributed by atoms with Gasteiger partial charge >= 0.3 is 6.09 Å². The predicted octanol–water partition coefficient (Wildman–Crippen LogP) is 4.20. The van der Waals surface area contributed by atoms with Gasteiger partial charge in [-0.25, -0.2) is 4.79 Å². The molecule has 5 saturated carbocycles. The van der Waals surface area contributed by atoms with Gasteiger partial charge in [0.05, 0.1) is 6.04 Å². The number of hydrogen-bond acceptors (Lipinski definition) is 3. The highest BCUT2D eigenvalue weighted by Gasteiger charge is 2.52. The van der Waals surface area contributed by atoms with Crippen molar-refractivity contribution in [3.8, 4) is 0 Å². The van der Waals surface area contributed by atoms with E-state index in [1.165, 1.54) is 57.8 Å². The molecule has 4 bridgehead atoms. The molecule has 1 saturated heterocycles. The molecular weight excluding hydrogens is 402 g/mol. The molecule has 6 aliphatic rings. The number of carbonyl (C=O) groups excluding carboxylic acids is 1. The van der Waals surface area contributed by atoms with Crippen molar-refractivity contribution in [2.45, 2.75) is 96.7 Å². The minimum Gasteiger partial charge on any atom is -0.465 e. The van der Waals surface area contributed by atoms with E-state index in [1.54, 1.807) is 4.90 Å². The van der Waals surface area contributed by atoms with Crippen LogP contribution in [0.15, 0.2) is 0 Å². The first-order valence-corrected chi connectivity index (χ1v) is 13.2. The second-order valence-corrected chi connectivity index (χ2v) is 12.8. The van der Waals surface area contributed by atoms with E-state index in [4.69, 9.17) is 0 Å². The van der Waals surface area contributed by atoms with Crippen molar-refractivity contribution in [1.29, 1.82) is 0 Å². The summed E-state index contributed by atoms with van der Waals surface area (Å²) in [6.45, 7) is 8.36. The summed E-state index contributed by atoms with van der Waals surface area (Å²) < 4.78 is 0. The summed E-state index contributed by atoms with van der Waals surface area (Å²) >= 11 is 0. The number of piperazine rings is 1. The molecule has 0 radical (unpaired) electrons. The number of carboxylic acid groups (broad SMARTS) is 1. The SMILES string of the molecule is CC(C)(C)C1[C@H](C(=O)NC2C3CC4CC(C3)CC2C4)N(CC2CCCC2)CCN1C(=O)O. The van der Waals surface area contributed by atoms with Crippen molar-refractivity contribution >= 4 is 12.0 Å². The van der Waals surface area contributed by atoms with Gasteiger partial charge in [-0.1, -0.05) is 33.6 Å². The van der Waals surface area contributed by atoms with Gasteiger partial charge in [-0.2, -0.15) is 0 Å². The van der Waals surface area contributed by atoms with E-state index in [2.05, 4.69) is 31.0 Å². The number of carbonyl (C=O) groups is 2. The second kappa shape index (κ2) is 8.48. The normalized spacial score (nSPS) is 40.1. The summed E-state index contributed by atoms with van der Waals surface area (Å²) in [4.78, 5) is 30.1. The van der Waals surface area contributed by atoms with E-state index < -0.39 is 12.1 Å². The Morgan fingerprint density at radius 2 is 1.53 bits per heavy atom. The Labute approximate surface area is 193 Å². The monoisotopic (exact) mass is 445 g/mol.